The highest BCUT2D eigenvalue weighted by Crippen LogP contribution is 2.25. The highest BCUT2D eigenvalue weighted by atomic mass is 19.1. The van der Waals surface area contributed by atoms with E-state index in [9.17, 15) is 14.3 Å². The predicted molar refractivity (Wildman–Crippen MR) is 88.5 cm³/mol. The molecule has 1 aliphatic rings. The van der Waals surface area contributed by atoms with Crippen LogP contribution in [0.4, 0.5) is 20.6 Å². The van der Waals surface area contributed by atoms with Gasteiger partial charge >= 0.3 is 6.03 Å². The minimum Gasteiger partial charge on any atom is -0.467 e. The molecule has 2 aromatic rings. The van der Waals surface area contributed by atoms with Crippen LogP contribution in [0.2, 0.25) is 0 Å². The van der Waals surface area contributed by atoms with E-state index < -0.39 is 17.9 Å². The molecule has 2 amide bonds. The molecule has 1 aromatic carbocycles. The van der Waals surface area contributed by atoms with Crippen molar-refractivity contribution < 1.29 is 18.7 Å². The molecular formula is C17H20FN3O3. The molecule has 0 saturated carbocycles. The van der Waals surface area contributed by atoms with E-state index in [4.69, 9.17) is 4.42 Å². The third-order valence-electron chi connectivity index (χ3n) is 3.99. The number of urea groups is 1. The van der Waals surface area contributed by atoms with Crippen molar-refractivity contribution in [2.24, 2.45) is 0 Å². The third-order valence-corrected chi connectivity index (χ3v) is 3.99. The molecule has 1 aromatic heterocycles. The van der Waals surface area contributed by atoms with Crippen LogP contribution in [0.1, 0.15) is 24.6 Å². The van der Waals surface area contributed by atoms with Gasteiger partial charge in [-0.05, 0) is 43.2 Å². The van der Waals surface area contributed by atoms with Crippen molar-refractivity contribution >= 4 is 17.4 Å². The summed E-state index contributed by atoms with van der Waals surface area (Å²) in [6.07, 6.45) is 3.63. The summed E-state index contributed by atoms with van der Waals surface area (Å²) in [6, 6.07) is 6.61. The van der Waals surface area contributed by atoms with Gasteiger partial charge in [0.2, 0.25) is 0 Å². The molecule has 7 heteroatoms. The van der Waals surface area contributed by atoms with Gasteiger partial charge in [0, 0.05) is 24.5 Å². The van der Waals surface area contributed by atoms with E-state index >= 15 is 0 Å². The Morgan fingerprint density at radius 2 is 2.12 bits per heavy atom. The van der Waals surface area contributed by atoms with Crippen molar-refractivity contribution in [2.75, 3.05) is 29.9 Å². The number of rotatable bonds is 5. The Kier molecular flexibility index (Phi) is 5.00. The topological polar surface area (TPSA) is 77.7 Å². The summed E-state index contributed by atoms with van der Waals surface area (Å²) in [5.74, 6) is 0.0455. The van der Waals surface area contributed by atoms with Crippen LogP contribution in [0.3, 0.4) is 0 Å². The molecule has 0 bridgehead atoms. The van der Waals surface area contributed by atoms with Crippen LogP contribution in [0.25, 0.3) is 0 Å². The van der Waals surface area contributed by atoms with E-state index in [0.29, 0.717) is 11.4 Å². The molecule has 1 saturated heterocycles. The summed E-state index contributed by atoms with van der Waals surface area (Å²) in [7, 11) is 0. The fourth-order valence-corrected chi connectivity index (χ4v) is 2.83. The Labute approximate surface area is 139 Å². The first kappa shape index (κ1) is 16.3. The zero-order chi connectivity index (χ0) is 16.9. The number of furan rings is 1. The highest BCUT2D eigenvalue weighted by molar-refractivity contribution is 5.90. The van der Waals surface area contributed by atoms with Crippen LogP contribution < -0.4 is 15.5 Å². The van der Waals surface area contributed by atoms with E-state index in [0.717, 1.165) is 31.6 Å². The van der Waals surface area contributed by atoms with E-state index in [-0.39, 0.29) is 6.61 Å². The molecule has 0 spiro atoms. The Balaban J connectivity index is 1.67. The maximum Gasteiger partial charge on any atom is 0.319 e. The van der Waals surface area contributed by atoms with Crippen LogP contribution in [0.15, 0.2) is 41.0 Å². The first-order valence-corrected chi connectivity index (χ1v) is 7.93. The second-order valence-corrected chi connectivity index (χ2v) is 5.74. The van der Waals surface area contributed by atoms with Crippen molar-refractivity contribution in [3.05, 3.63) is 48.2 Å². The zero-order valence-electron chi connectivity index (χ0n) is 13.2. The minimum absolute atomic E-state index is 0.302. The van der Waals surface area contributed by atoms with Gasteiger partial charge < -0.3 is 25.1 Å². The van der Waals surface area contributed by atoms with Crippen molar-refractivity contribution in [1.29, 1.82) is 0 Å². The summed E-state index contributed by atoms with van der Waals surface area (Å²) < 4.78 is 19.0. The van der Waals surface area contributed by atoms with Crippen molar-refractivity contribution in [1.82, 2.24) is 5.32 Å². The van der Waals surface area contributed by atoms with Crippen LogP contribution >= 0.6 is 0 Å². The molecule has 1 aliphatic heterocycles. The number of benzene rings is 1. The molecule has 0 unspecified atom stereocenters. The van der Waals surface area contributed by atoms with Gasteiger partial charge in [-0.15, -0.1) is 0 Å². The lowest BCUT2D eigenvalue weighted by molar-refractivity contribution is 0.215. The lowest BCUT2D eigenvalue weighted by Gasteiger charge is -2.19. The van der Waals surface area contributed by atoms with Gasteiger partial charge in [-0.2, -0.15) is 0 Å². The second-order valence-electron chi connectivity index (χ2n) is 5.74. The molecule has 0 radical (unpaired) electrons. The van der Waals surface area contributed by atoms with Gasteiger partial charge in [-0.25, -0.2) is 9.18 Å². The number of halogens is 1. The monoisotopic (exact) mass is 333 g/mol. The second kappa shape index (κ2) is 7.35. The standard InChI is InChI=1S/C17H20FN3O3/c18-12-8-13(10-14(9-12)21-5-1-2-6-21)19-17(23)20-15(11-22)16-4-3-7-24-16/h3-4,7-10,15,22H,1-2,5-6,11H2,(H2,19,20,23)/t15-/m1/s1. The quantitative estimate of drug-likeness (QED) is 0.786. The molecule has 3 rings (SSSR count). The summed E-state index contributed by atoms with van der Waals surface area (Å²) >= 11 is 0. The smallest absolute Gasteiger partial charge is 0.319 e. The van der Waals surface area contributed by atoms with E-state index in [1.54, 1.807) is 18.2 Å². The number of carbonyl (C=O) groups excluding carboxylic acids is 1. The summed E-state index contributed by atoms with van der Waals surface area (Å²) in [6.45, 7) is 1.48. The molecule has 1 fully saturated rings. The number of amides is 2. The van der Waals surface area contributed by atoms with Crippen molar-refractivity contribution in [3.8, 4) is 0 Å². The maximum absolute atomic E-state index is 13.8. The van der Waals surface area contributed by atoms with Crippen LogP contribution in [-0.4, -0.2) is 30.8 Å². The van der Waals surface area contributed by atoms with Gasteiger partial charge in [0.1, 0.15) is 17.6 Å². The van der Waals surface area contributed by atoms with Crippen LogP contribution in [0, 0.1) is 5.82 Å². The Morgan fingerprint density at radius 3 is 2.79 bits per heavy atom. The highest BCUT2D eigenvalue weighted by Gasteiger charge is 2.18. The molecular weight excluding hydrogens is 313 g/mol. The fourth-order valence-electron chi connectivity index (χ4n) is 2.83. The number of hydrogen-bond donors (Lipinski definition) is 3. The Hall–Kier alpha value is -2.54. The lowest BCUT2D eigenvalue weighted by Crippen LogP contribution is -2.34. The maximum atomic E-state index is 13.8. The third kappa shape index (κ3) is 3.86. The van der Waals surface area contributed by atoms with Gasteiger partial charge in [0.25, 0.3) is 0 Å². The number of hydrogen-bond acceptors (Lipinski definition) is 4. The van der Waals surface area contributed by atoms with E-state index in [2.05, 4.69) is 15.5 Å². The Morgan fingerprint density at radius 1 is 1.33 bits per heavy atom. The summed E-state index contributed by atoms with van der Waals surface area (Å²) in [5, 5.41) is 14.6. The predicted octanol–water partition coefficient (Wildman–Crippen LogP) is 2.87. The SMILES string of the molecule is O=C(Nc1cc(F)cc(N2CCCC2)c1)N[C@H](CO)c1ccco1. The fraction of sp³-hybridized carbons (Fsp3) is 0.353. The normalized spacial score (nSPS) is 15.3. The summed E-state index contributed by atoms with van der Waals surface area (Å²) in [4.78, 5) is 14.2. The van der Waals surface area contributed by atoms with Gasteiger partial charge in [0.05, 0.1) is 12.9 Å². The van der Waals surface area contributed by atoms with Crippen LogP contribution in [0.5, 0.6) is 0 Å². The number of nitrogens with one attached hydrogen (secondary N) is 2. The molecule has 0 aliphatic carbocycles. The number of aliphatic hydroxyl groups excluding tert-OH is 1. The Bertz CT molecular complexity index is 684. The van der Waals surface area contributed by atoms with E-state index in [1.165, 1.54) is 18.4 Å². The number of aliphatic hydroxyl groups is 1. The van der Waals surface area contributed by atoms with Gasteiger partial charge in [-0.1, -0.05) is 0 Å². The molecule has 128 valence electrons. The molecule has 3 N–H and O–H groups in total. The summed E-state index contributed by atoms with van der Waals surface area (Å²) in [5.41, 5.74) is 1.12. The molecule has 24 heavy (non-hydrogen) atoms. The van der Waals surface area contributed by atoms with Crippen molar-refractivity contribution in [2.45, 2.75) is 18.9 Å². The molecule has 6 nitrogen and oxygen atoms in total. The lowest BCUT2D eigenvalue weighted by atomic mass is 10.2. The molecule has 1 atom stereocenters. The zero-order valence-corrected chi connectivity index (χ0v) is 13.2. The number of nitrogens with zero attached hydrogens (tertiary/aromatic N) is 1. The van der Waals surface area contributed by atoms with E-state index in [1.807, 2.05) is 0 Å². The largest absolute Gasteiger partial charge is 0.467 e. The molecule has 2 heterocycles. The van der Waals surface area contributed by atoms with Crippen LogP contribution in [-0.2, 0) is 0 Å². The minimum atomic E-state index is -0.661. The average molecular weight is 333 g/mol. The number of carbonyl (C=O) groups is 1. The first-order valence-electron chi connectivity index (χ1n) is 7.93. The van der Waals surface area contributed by atoms with Gasteiger partial charge in [-0.3, -0.25) is 0 Å². The van der Waals surface area contributed by atoms with Crippen molar-refractivity contribution in [3.63, 3.8) is 0 Å². The average Bonchev–Trinajstić information content (AvgIpc) is 3.25. The first-order chi connectivity index (χ1) is 11.7. The number of anilines is 2. The van der Waals surface area contributed by atoms with Gasteiger partial charge in [0.15, 0.2) is 0 Å².